The van der Waals surface area contributed by atoms with Crippen LogP contribution in [-0.4, -0.2) is 14.5 Å². The summed E-state index contributed by atoms with van der Waals surface area (Å²) in [5.41, 5.74) is 20.5. The summed E-state index contributed by atoms with van der Waals surface area (Å²) in [6, 6.07) is 169. The Kier molecular flexibility index (Phi) is 18.2. The van der Waals surface area contributed by atoms with Crippen molar-refractivity contribution in [3.63, 3.8) is 0 Å². The molecule has 111 heavy (non-hydrogen) atoms. The third kappa shape index (κ3) is 12.8. The van der Waals surface area contributed by atoms with Crippen molar-refractivity contribution in [3.8, 4) is 106 Å². The predicted molar refractivity (Wildman–Crippen MR) is 465 cm³/mol. The van der Waals surface area contributed by atoms with Gasteiger partial charge in [-0.2, -0.15) is 0 Å². The predicted octanol–water partition coefficient (Wildman–Crippen LogP) is 29.3. The van der Waals surface area contributed by atoms with E-state index in [2.05, 4.69) is 460 Å². The maximum Gasteiger partial charge on any atom is 0.162 e. The van der Waals surface area contributed by atoms with E-state index in [0.717, 1.165) is 132 Å². The molecule has 2 heterocycles. The van der Waals surface area contributed by atoms with Crippen LogP contribution in [0, 0.1) is 0 Å². The van der Waals surface area contributed by atoms with Gasteiger partial charge in [0.1, 0.15) is 5.82 Å². The van der Waals surface area contributed by atoms with Gasteiger partial charge in [-0.3, -0.25) is 4.57 Å². The summed E-state index contributed by atoms with van der Waals surface area (Å²) in [6.07, 6.45) is 0. The molecule has 526 valence electrons. The van der Waals surface area contributed by atoms with Gasteiger partial charge in [-0.25, -0.2) is 9.97 Å². The summed E-state index contributed by atoms with van der Waals surface area (Å²) >= 11 is 0. The van der Waals surface area contributed by atoms with Crippen molar-refractivity contribution in [2.75, 3.05) is 0 Å². The molecule has 19 aromatic rings. The van der Waals surface area contributed by atoms with Crippen LogP contribution >= 0.6 is 20.1 Å². The fraction of sp³-hybridized carbons (Fsp3) is 0. The van der Waals surface area contributed by atoms with Gasteiger partial charge in [-0.15, -0.1) is 20.1 Å². The third-order valence-corrected chi connectivity index (χ3v) is 29.1. The van der Waals surface area contributed by atoms with Crippen molar-refractivity contribution in [1.82, 2.24) is 14.5 Å². The summed E-state index contributed by atoms with van der Waals surface area (Å²) in [7, 11) is -5.55. The van der Waals surface area contributed by atoms with Gasteiger partial charge in [-0.1, -0.05) is 340 Å². The van der Waals surface area contributed by atoms with Crippen LogP contribution < -0.4 is 0 Å². The van der Waals surface area contributed by atoms with E-state index in [0.29, 0.717) is 5.82 Å². The lowest BCUT2D eigenvalue weighted by atomic mass is 10.0. The van der Waals surface area contributed by atoms with E-state index in [1.807, 2.05) is 0 Å². The summed E-state index contributed by atoms with van der Waals surface area (Å²) < 4.78 is 2.36. The molecule has 0 aliphatic rings. The maximum absolute atomic E-state index is 6.13. The van der Waals surface area contributed by atoms with Crippen molar-refractivity contribution in [2.45, 2.75) is 39.2 Å². The Morgan fingerprint density at radius 3 is 0.694 bits per heavy atom. The van der Waals surface area contributed by atoms with Crippen molar-refractivity contribution in [2.24, 2.45) is 0 Å². The maximum atomic E-state index is 6.13. The molecule has 0 radical (unpaired) electrons. The zero-order valence-corrected chi connectivity index (χ0v) is 62.6. The Bertz CT molecular complexity index is 5840. The molecule has 17 aromatic carbocycles. The number of nitrogens with zero attached hydrogens (tertiary/aromatic N) is 3. The molecule has 0 spiro atoms. The van der Waals surface area contributed by atoms with E-state index in [4.69, 9.17) is 9.97 Å². The zero-order valence-electron chi connectivity index (χ0n) is 61.0. The number of rotatable bonds is 18. The highest BCUT2D eigenvalue weighted by molar-refractivity contribution is 8.34. The second kappa shape index (κ2) is 29.8. The highest BCUT2D eigenvalue weighted by Gasteiger charge is 2.40. The second-order valence-electron chi connectivity index (χ2n) is 28.0. The van der Waals surface area contributed by atoms with E-state index < -0.39 is 20.1 Å². The van der Waals surface area contributed by atoms with Crippen LogP contribution in [0.5, 0.6) is 0 Å². The molecule has 5 heteroatoms. The molecule has 0 aliphatic heterocycles. The summed E-state index contributed by atoms with van der Waals surface area (Å²) in [4.78, 5) is 21.5. The Morgan fingerprint density at radius 1 is 0.162 bits per heavy atom. The lowest BCUT2D eigenvalue weighted by Crippen LogP contribution is -2.10. The number of aromatic nitrogens is 3. The topological polar surface area (TPSA) is 30.7 Å². The first-order valence-electron chi connectivity index (χ1n) is 37.8. The third-order valence-electron chi connectivity index (χ3n) is 21.4. The molecule has 19 rings (SSSR count). The fourth-order valence-electron chi connectivity index (χ4n) is 16.2. The van der Waals surface area contributed by atoms with Crippen LogP contribution in [0.3, 0.4) is 0 Å². The molecule has 3 nitrogen and oxygen atoms in total. The Balaban J connectivity index is 1.02. The van der Waals surface area contributed by atoms with Crippen LogP contribution in [0.2, 0.25) is 0 Å². The van der Waals surface area contributed by atoms with Crippen LogP contribution in [0.25, 0.3) is 128 Å². The van der Waals surface area contributed by atoms with Gasteiger partial charge in [-0.05, 0) is 187 Å². The van der Waals surface area contributed by atoms with Crippen molar-refractivity contribution >= 4 is 41.9 Å². The molecule has 0 fully saturated rings. The summed E-state index contributed by atoms with van der Waals surface area (Å²) in [5, 5.41) is 2.29. The van der Waals surface area contributed by atoms with Gasteiger partial charge >= 0.3 is 0 Å². The monoisotopic (exact) mass is 1450 g/mol. The summed E-state index contributed by atoms with van der Waals surface area (Å²) in [6.45, 7) is 0. The zero-order chi connectivity index (χ0) is 73.9. The van der Waals surface area contributed by atoms with E-state index >= 15 is 0 Å². The first kappa shape index (κ1) is 67.9. The smallest absolute Gasteiger partial charge is 0.162 e. The number of para-hydroxylation sites is 2. The highest BCUT2D eigenvalue weighted by Crippen LogP contribution is 2.79. The van der Waals surface area contributed by atoms with E-state index in [1.54, 1.807) is 0 Å². The van der Waals surface area contributed by atoms with Gasteiger partial charge in [0.05, 0.1) is 16.7 Å². The van der Waals surface area contributed by atoms with Crippen LogP contribution in [0.15, 0.2) is 494 Å². The number of benzene rings is 17. The fourth-order valence-corrected chi connectivity index (χ4v) is 24.2. The van der Waals surface area contributed by atoms with Gasteiger partial charge in [0.25, 0.3) is 0 Å². The molecule has 0 saturated heterocycles. The average molecular weight is 1450 g/mol. The standard InChI is InChI=1S/C106H75N3S2/c1-8-33-76(34-9-1)83-47-26-54-90(65-83)102-75-105(109-103-63-24-22-61-100(103)101-62-23-25-64-104(101)109)108-106(107-102)91-72-98(110(92-55-27-48-84(66-92)77-35-10-2-11-36-77,93-56-28-49-85(67-93)78-37-12-3-13-38-78)94-57-29-50-86(68-94)79-39-14-4-15-40-79)74-99(73-91)111(95-58-30-51-87(69-95)80-41-16-5-17-42-80,96-59-31-52-88(70-96)81-43-18-6-19-44-81)97-60-32-53-89(71-97)82-45-20-7-21-46-82/h1-75H. The first-order valence-corrected chi connectivity index (χ1v) is 41.1. The van der Waals surface area contributed by atoms with Crippen LogP contribution in [-0.2, 0) is 0 Å². The molecule has 0 bridgehead atoms. The highest BCUT2D eigenvalue weighted by atomic mass is 32.3. The quantitative estimate of drug-likeness (QED) is 0.0857. The largest absolute Gasteiger partial charge is 0.294 e. The Morgan fingerprint density at radius 2 is 0.396 bits per heavy atom. The van der Waals surface area contributed by atoms with E-state index in [1.165, 1.54) is 29.4 Å². The molecule has 0 aliphatic carbocycles. The normalized spacial score (nSPS) is 11.9. The van der Waals surface area contributed by atoms with Crippen LogP contribution in [0.1, 0.15) is 0 Å². The number of hydrogen-bond donors (Lipinski definition) is 0. The minimum Gasteiger partial charge on any atom is -0.294 e. The molecule has 2 aromatic heterocycles. The Labute approximate surface area is 652 Å². The molecular formula is C106H75N3S2. The summed E-state index contributed by atoms with van der Waals surface area (Å²) in [5.74, 6) is 1.34. The molecule has 0 unspecified atom stereocenters. The molecule has 0 atom stereocenters. The van der Waals surface area contributed by atoms with Crippen molar-refractivity contribution in [1.29, 1.82) is 0 Å². The minimum absolute atomic E-state index is 0.586. The average Bonchev–Trinajstić information content (AvgIpc) is 1.09. The number of fused-ring (bicyclic) bond motifs is 3. The van der Waals surface area contributed by atoms with Gasteiger partial charge in [0, 0.05) is 67.1 Å². The molecular weight excluding hydrogens is 1380 g/mol. The van der Waals surface area contributed by atoms with E-state index in [-0.39, 0.29) is 0 Å². The lowest BCUT2D eigenvalue weighted by molar-refractivity contribution is 1.04. The van der Waals surface area contributed by atoms with Crippen molar-refractivity contribution in [3.05, 3.63) is 455 Å². The number of hydrogen-bond acceptors (Lipinski definition) is 2. The van der Waals surface area contributed by atoms with E-state index in [9.17, 15) is 0 Å². The Hall–Kier alpha value is -13.7. The van der Waals surface area contributed by atoms with Gasteiger partial charge < -0.3 is 0 Å². The second-order valence-corrected chi connectivity index (χ2v) is 34.3. The van der Waals surface area contributed by atoms with Gasteiger partial charge in [0.15, 0.2) is 5.82 Å². The lowest BCUT2D eigenvalue weighted by Gasteiger charge is -2.46. The molecule has 0 saturated carbocycles. The first-order chi connectivity index (χ1) is 55.0. The SMILES string of the molecule is c1ccc(-c2cccc(-c3cc(-n4c5ccccc5c5ccccc54)nc(-c4cc(S(c5cccc(-c6ccccc6)c5)(c5cccc(-c6ccccc6)c5)c5cccc(-c6ccccc6)c5)cc(S(c5cccc(-c6ccccc6)c5)(c5cccc(-c6ccccc6)c5)c5cccc(-c6ccccc6)c5)c4)n3)c2)cc1. The molecule has 0 amide bonds. The van der Waals surface area contributed by atoms with Crippen molar-refractivity contribution < 1.29 is 0 Å². The molecule has 0 N–H and O–H groups in total. The van der Waals surface area contributed by atoms with Gasteiger partial charge in [0.2, 0.25) is 0 Å². The minimum atomic E-state index is -2.77. The van der Waals surface area contributed by atoms with Crippen LogP contribution in [0.4, 0.5) is 0 Å².